The van der Waals surface area contributed by atoms with Crippen LogP contribution in [0.1, 0.15) is 41.8 Å². The second-order valence-corrected chi connectivity index (χ2v) is 6.38. The molecule has 1 aromatic carbocycles. The number of fused-ring (bicyclic) bond motifs is 1. The van der Waals surface area contributed by atoms with E-state index in [-0.39, 0.29) is 0 Å². The lowest BCUT2D eigenvalue weighted by molar-refractivity contribution is -0.180. The zero-order chi connectivity index (χ0) is 17.2. The highest BCUT2D eigenvalue weighted by Crippen LogP contribution is 2.35. The first-order valence-electron chi connectivity index (χ1n) is 7.98. The molecule has 0 radical (unpaired) electrons. The molecular weight excluding hydrogens is 302 g/mol. The second kappa shape index (κ2) is 6.60. The van der Waals surface area contributed by atoms with Crippen LogP contribution >= 0.6 is 0 Å². The van der Waals surface area contributed by atoms with Crippen LogP contribution in [0, 0.1) is 18.3 Å². The Labute approximate surface area is 142 Å². The zero-order valence-electron chi connectivity index (χ0n) is 14.2. The summed E-state index contributed by atoms with van der Waals surface area (Å²) in [5.74, 6) is 0.220. The van der Waals surface area contributed by atoms with Crippen molar-refractivity contribution in [2.75, 3.05) is 0 Å². The molecule has 24 heavy (non-hydrogen) atoms. The van der Waals surface area contributed by atoms with Gasteiger partial charge >= 0.3 is 0 Å². The summed E-state index contributed by atoms with van der Waals surface area (Å²) < 4.78 is 11.7. The highest BCUT2D eigenvalue weighted by Gasteiger charge is 2.30. The molecule has 0 aliphatic carbocycles. The van der Waals surface area contributed by atoms with E-state index in [4.69, 9.17) is 14.7 Å². The molecule has 124 valence electrons. The molecule has 0 atom stereocenters. The Morgan fingerprint density at radius 3 is 2.71 bits per heavy atom. The maximum atomic E-state index is 8.83. The van der Waals surface area contributed by atoms with Gasteiger partial charge in [0.15, 0.2) is 0 Å². The Morgan fingerprint density at radius 1 is 1.25 bits per heavy atom. The molecule has 3 rings (SSSR count). The molecule has 0 bridgehead atoms. The summed E-state index contributed by atoms with van der Waals surface area (Å²) in [6.07, 6.45) is 1.88. The molecule has 5 heteroatoms. The van der Waals surface area contributed by atoms with Crippen molar-refractivity contribution in [3.8, 4) is 11.8 Å². The Hall–Kier alpha value is -2.42. The summed E-state index contributed by atoms with van der Waals surface area (Å²) in [5, 5.41) is 12.2. The Balaban J connectivity index is 1.69. The molecule has 2 heterocycles. The van der Waals surface area contributed by atoms with Gasteiger partial charge in [-0.25, -0.2) is 0 Å². The van der Waals surface area contributed by atoms with Gasteiger partial charge in [0, 0.05) is 38.7 Å². The summed E-state index contributed by atoms with van der Waals surface area (Å²) in [6, 6.07) is 9.71. The molecule has 0 fully saturated rings. The van der Waals surface area contributed by atoms with Crippen molar-refractivity contribution in [2.45, 2.75) is 46.3 Å². The number of aromatic nitrogens is 1. The van der Waals surface area contributed by atoms with E-state index in [1.165, 1.54) is 0 Å². The Kier molecular flexibility index (Phi) is 4.52. The minimum Gasteiger partial charge on any atom is -0.461 e. The number of nitrogens with one attached hydrogen (secondary N) is 1. The van der Waals surface area contributed by atoms with Crippen LogP contribution in [0.25, 0.3) is 0 Å². The van der Waals surface area contributed by atoms with Crippen molar-refractivity contribution < 1.29 is 9.47 Å². The minimum atomic E-state index is -0.617. The number of aryl methyl sites for hydroxylation is 1. The third kappa shape index (κ3) is 3.56. The second-order valence-electron chi connectivity index (χ2n) is 6.38. The fourth-order valence-electron chi connectivity index (χ4n) is 2.68. The number of nitrogens with zero attached hydrogens (tertiary/aromatic N) is 2. The van der Waals surface area contributed by atoms with Crippen LogP contribution in [-0.2, 0) is 24.4 Å². The smallest absolute Gasteiger partial charge is 0.205 e. The van der Waals surface area contributed by atoms with Gasteiger partial charge in [-0.05, 0) is 30.2 Å². The van der Waals surface area contributed by atoms with Gasteiger partial charge in [-0.3, -0.25) is 4.98 Å². The lowest BCUT2D eigenvalue weighted by Crippen LogP contribution is -2.36. The van der Waals surface area contributed by atoms with Gasteiger partial charge in [0.2, 0.25) is 5.79 Å². The molecule has 2 aromatic rings. The summed E-state index contributed by atoms with van der Waals surface area (Å²) in [7, 11) is 0. The van der Waals surface area contributed by atoms with Crippen molar-refractivity contribution in [3.63, 3.8) is 0 Å². The topological polar surface area (TPSA) is 67.2 Å². The SMILES string of the molecule is Cc1ncc(CNCc2ccc(C#N)cc2)c2c1OC(C)(C)OC2. The van der Waals surface area contributed by atoms with Crippen molar-refractivity contribution >= 4 is 0 Å². The normalized spacial score (nSPS) is 15.2. The Bertz CT molecular complexity index is 776. The largest absolute Gasteiger partial charge is 0.461 e. The maximum Gasteiger partial charge on any atom is 0.205 e. The summed E-state index contributed by atoms with van der Waals surface area (Å²) in [4.78, 5) is 4.45. The van der Waals surface area contributed by atoms with Gasteiger partial charge in [-0.1, -0.05) is 12.1 Å². The lowest BCUT2D eigenvalue weighted by atomic mass is 10.1. The molecule has 0 spiro atoms. The molecule has 1 aliphatic rings. The van der Waals surface area contributed by atoms with Crippen LogP contribution in [0.15, 0.2) is 30.5 Å². The van der Waals surface area contributed by atoms with Crippen LogP contribution in [0.4, 0.5) is 0 Å². The fourth-order valence-corrected chi connectivity index (χ4v) is 2.68. The van der Waals surface area contributed by atoms with E-state index in [2.05, 4.69) is 16.4 Å². The van der Waals surface area contributed by atoms with E-state index < -0.39 is 5.79 Å². The molecule has 1 aliphatic heterocycles. The molecule has 0 unspecified atom stereocenters. The maximum absolute atomic E-state index is 8.83. The van der Waals surface area contributed by atoms with Gasteiger partial charge < -0.3 is 14.8 Å². The number of nitriles is 1. The summed E-state index contributed by atoms with van der Waals surface area (Å²) in [5.41, 5.74) is 4.84. The average molecular weight is 323 g/mol. The van der Waals surface area contributed by atoms with Crippen LogP contribution in [-0.4, -0.2) is 10.8 Å². The third-order valence-electron chi connectivity index (χ3n) is 4.04. The van der Waals surface area contributed by atoms with Crippen molar-refractivity contribution in [1.29, 1.82) is 5.26 Å². The van der Waals surface area contributed by atoms with Crippen LogP contribution in [0.5, 0.6) is 5.75 Å². The third-order valence-corrected chi connectivity index (χ3v) is 4.04. The molecule has 1 N–H and O–H groups in total. The minimum absolute atomic E-state index is 0.527. The van der Waals surface area contributed by atoms with Crippen LogP contribution in [0.3, 0.4) is 0 Å². The number of hydrogen-bond donors (Lipinski definition) is 1. The molecule has 5 nitrogen and oxygen atoms in total. The number of rotatable bonds is 4. The van der Waals surface area contributed by atoms with Gasteiger partial charge in [0.05, 0.1) is 23.9 Å². The zero-order valence-corrected chi connectivity index (χ0v) is 14.2. The van der Waals surface area contributed by atoms with Crippen molar-refractivity contribution in [3.05, 3.63) is 58.4 Å². The van der Waals surface area contributed by atoms with Gasteiger partial charge in [-0.2, -0.15) is 5.26 Å². The quantitative estimate of drug-likeness (QED) is 0.936. The highest BCUT2D eigenvalue weighted by atomic mass is 16.7. The predicted molar refractivity (Wildman–Crippen MR) is 90.2 cm³/mol. The first kappa shape index (κ1) is 16.4. The molecule has 0 saturated carbocycles. The van der Waals surface area contributed by atoms with Crippen LogP contribution in [0.2, 0.25) is 0 Å². The number of benzene rings is 1. The number of pyridine rings is 1. The molecular formula is C19H21N3O2. The van der Waals surface area contributed by atoms with Crippen molar-refractivity contribution in [2.24, 2.45) is 0 Å². The molecule has 0 amide bonds. The predicted octanol–water partition coefficient (Wildman–Crippen LogP) is 3.20. The average Bonchev–Trinajstić information content (AvgIpc) is 2.57. The van der Waals surface area contributed by atoms with Gasteiger partial charge in [-0.15, -0.1) is 0 Å². The van der Waals surface area contributed by atoms with Crippen molar-refractivity contribution in [1.82, 2.24) is 10.3 Å². The summed E-state index contributed by atoms with van der Waals surface area (Å²) in [6.45, 7) is 7.70. The van der Waals surface area contributed by atoms with Crippen LogP contribution < -0.4 is 10.1 Å². The number of ether oxygens (including phenoxy) is 2. The van der Waals surface area contributed by atoms with E-state index in [1.807, 2.05) is 51.2 Å². The molecule has 0 saturated heterocycles. The standard InChI is InChI=1S/C19H21N3O2/c1-13-18-17(12-23-19(2,3)24-18)16(11-22-13)10-21-9-15-6-4-14(8-20)5-7-15/h4-7,11,21H,9-10,12H2,1-3H3. The first-order valence-corrected chi connectivity index (χ1v) is 7.98. The van der Waals surface area contributed by atoms with Gasteiger partial charge in [0.1, 0.15) is 5.75 Å². The first-order chi connectivity index (χ1) is 11.5. The highest BCUT2D eigenvalue weighted by molar-refractivity contribution is 5.43. The Morgan fingerprint density at radius 2 is 2.00 bits per heavy atom. The lowest BCUT2D eigenvalue weighted by Gasteiger charge is -2.34. The van der Waals surface area contributed by atoms with E-state index >= 15 is 0 Å². The monoisotopic (exact) mass is 323 g/mol. The van der Waals surface area contributed by atoms with E-state index in [0.717, 1.165) is 34.7 Å². The number of hydrogen-bond acceptors (Lipinski definition) is 5. The summed E-state index contributed by atoms with van der Waals surface area (Å²) >= 11 is 0. The van der Waals surface area contributed by atoms with Gasteiger partial charge in [0.25, 0.3) is 0 Å². The fraction of sp³-hybridized carbons (Fsp3) is 0.368. The van der Waals surface area contributed by atoms with E-state index in [1.54, 1.807) is 0 Å². The van der Waals surface area contributed by atoms with E-state index in [0.29, 0.717) is 18.7 Å². The molecule has 1 aromatic heterocycles. The van der Waals surface area contributed by atoms with E-state index in [9.17, 15) is 0 Å².